The lowest BCUT2D eigenvalue weighted by molar-refractivity contribution is -0.117. The maximum Gasteiger partial charge on any atom is 0.168 e. The minimum atomic E-state index is -0.136. The summed E-state index contributed by atoms with van der Waals surface area (Å²) in [5.74, 6) is 0.185. The lowest BCUT2D eigenvalue weighted by atomic mass is 9.73. The minimum absolute atomic E-state index is 0.00161. The van der Waals surface area contributed by atoms with Gasteiger partial charge in [0.05, 0.1) is 17.0 Å². The van der Waals surface area contributed by atoms with Crippen LogP contribution in [0, 0.1) is 5.41 Å². The van der Waals surface area contributed by atoms with E-state index < -0.39 is 0 Å². The molecule has 0 radical (unpaired) electrons. The van der Waals surface area contributed by atoms with Crippen molar-refractivity contribution < 1.29 is 9.90 Å². The fourth-order valence-electron chi connectivity index (χ4n) is 3.47. The molecule has 0 aromatic heterocycles. The second kappa shape index (κ2) is 6.83. The number of aliphatic imine (C=N–C) groups is 1. The fraction of sp³-hybridized carbons (Fsp3) is 0.364. The van der Waals surface area contributed by atoms with E-state index in [1.807, 2.05) is 37.3 Å². The van der Waals surface area contributed by atoms with Gasteiger partial charge < -0.3 is 5.11 Å². The first-order valence-corrected chi connectivity index (χ1v) is 8.92. The van der Waals surface area contributed by atoms with Crippen LogP contribution in [0.2, 0.25) is 0 Å². The number of Topliss-reactive ketones (excluding diaryl/α,β-unsaturated/α-hetero) is 1. The van der Waals surface area contributed by atoms with Crippen LogP contribution in [0.3, 0.4) is 0 Å². The van der Waals surface area contributed by atoms with E-state index in [0.29, 0.717) is 30.5 Å². The van der Waals surface area contributed by atoms with Crippen LogP contribution in [0.1, 0.15) is 46.5 Å². The standard InChI is InChI=1S/C22H25NO2/c1-4-7-19(24)21-18(13-22(2,3)14-20(21)25)23-17-11-10-15-8-5-6-9-16(15)12-17/h5-6,8-12,24H,4,7,13-14H2,1-3H3/b21-19-,23-18?. The van der Waals surface area contributed by atoms with Crippen LogP contribution < -0.4 is 0 Å². The Hall–Kier alpha value is -2.42. The number of carbonyl (C=O) groups excluding carboxylic acids is 1. The van der Waals surface area contributed by atoms with Crippen molar-refractivity contribution in [2.45, 2.75) is 46.5 Å². The Kier molecular flexibility index (Phi) is 4.76. The largest absolute Gasteiger partial charge is 0.511 e. The van der Waals surface area contributed by atoms with Crippen LogP contribution in [0.15, 0.2) is 58.8 Å². The van der Waals surface area contributed by atoms with Crippen molar-refractivity contribution >= 4 is 28.0 Å². The summed E-state index contributed by atoms with van der Waals surface area (Å²) in [5, 5.41) is 12.7. The number of benzene rings is 2. The van der Waals surface area contributed by atoms with Gasteiger partial charge >= 0.3 is 0 Å². The zero-order valence-electron chi connectivity index (χ0n) is 15.2. The van der Waals surface area contributed by atoms with E-state index >= 15 is 0 Å². The Balaban J connectivity index is 2.09. The molecule has 0 bridgehead atoms. The van der Waals surface area contributed by atoms with Gasteiger partial charge in [0.25, 0.3) is 0 Å². The summed E-state index contributed by atoms with van der Waals surface area (Å²) in [5.41, 5.74) is 1.83. The van der Waals surface area contributed by atoms with Gasteiger partial charge in [-0.1, -0.05) is 51.1 Å². The Morgan fingerprint density at radius 2 is 1.84 bits per heavy atom. The Bertz CT molecular complexity index is 874. The predicted molar refractivity (Wildman–Crippen MR) is 104 cm³/mol. The summed E-state index contributed by atoms with van der Waals surface area (Å²) in [7, 11) is 0. The van der Waals surface area contributed by atoms with Gasteiger partial charge in [-0.2, -0.15) is 0 Å². The molecular weight excluding hydrogens is 310 g/mol. The van der Waals surface area contributed by atoms with Crippen LogP contribution in [0.5, 0.6) is 0 Å². The van der Waals surface area contributed by atoms with Crippen LogP contribution in [-0.2, 0) is 4.79 Å². The topological polar surface area (TPSA) is 49.7 Å². The van der Waals surface area contributed by atoms with E-state index in [9.17, 15) is 9.90 Å². The molecule has 1 N–H and O–H groups in total. The van der Waals surface area contributed by atoms with E-state index in [1.54, 1.807) is 0 Å². The quantitative estimate of drug-likeness (QED) is 0.559. The first-order chi connectivity index (χ1) is 11.9. The third-order valence-electron chi connectivity index (χ3n) is 4.63. The molecule has 0 heterocycles. The summed E-state index contributed by atoms with van der Waals surface area (Å²) < 4.78 is 0. The summed E-state index contributed by atoms with van der Waals surface area (Å²) in [4.78, 5) is 17.4. The molecule has 1 saturated carbocycles. The molecule has 0 atom stereocenters. The van der Waals surface area contributed by atoms with Gasteiger partial charge in [-0.05, 0) is 41.2 Å². The molecular formula is C22H25NO2. The molecule has 0 amide bonds. The third kappa shape index (κ3) is 3.81. The van der Waals surface area contributed by atoms with Gasteiger partial charge in [-0.3, -0.25) is 9.79 Å². The second-order valence-electron chi connectivity index (χ2n) is 7.60. The van der Waals surface area contributed by atoms with E-state index in [-0.39, 0.29) is 17.0 Å². The summed E-state index contributed by atoms with van der Waals surface area (Å²) in [6, 6.07) is 14.2. The first-order valence-electron chi connectivity index (χ1n) is 8.92. The highest BCUT2D eigenvalue weighted by Gasteiger charge is 2.36. The molecule has 1 aliphatic rings. The number of aliphatic hydroxyl groups is 1. The van der Waals surface area contributed by atoms with Crippen molar-refractivity contribution in [2.75, 3.05) is 0 Å². The van der Waals surface area contributed by atoms with E-state index in [2.05, 4.69) is 26.0 Å². The van der Waals surface area contributed by atoms with Gasteiger partial charge in [0.2, 0.25) is 0 Å². The number of hydrogen-bond acceptors (Lipinski definition) is 3. The molecule has 3 rings (SSSR count). The Morgan fingerprint density at radius 1 is 1.12 bits per heavy atom. The molecule has 25 heavy (non-hydrogen) atoms. The lowest BCUT2D eigenvalue weighted by Gasteiger charge is -2.31. The average Bonchev–Trinajstić information content (AvgIpc) is 2.53. The normalized spacial score (nSPS) is 20.9. The highest BCUT2D eigenvalue weighted by Crippen LogP contribution is 2.37. The monoisotopic (exact) mass is 335 g/mol. The van der Waals surface area contributed by atoms with E-state index in [1.165, 1.54) is 0 Å². The minimum Gasteiger partial charge on any atom is -0.511 e. The van der Waals surface area contributed by atoms with Crippen molar-refractivity contribution in [3.05, 3.63) is 53.8 Å². The molecule has 1 fully saturated rings. The molecule has 130 valence electrons. The number of rotatable bonds is 3. The van der Waals surface area contributed by atoms with E-state index in [0.717, 1.165) is 22.9 Å². The third-order valence-corrected chi connectivity index (χ3v) is 4.63. The smallest absolute Gasteiger partial charge is 0.168 e. The molecule has 2 aromatic rings. The Labute approximate surface area is 149 Å². The lowest BCUT2D eigenvalue weighted by Crippen LogP contribution is -2.32. The zero-order valence-corrected chi connectivity index (χ0v) is 15.2. The average molecular weight is 335 g/mol. The van der Waals surface area contributed by atoms with Gasteiger partial charge in [0, 0.05) is 12.8 Å². The number of hydrogen-bond donors (Lipinski definition) is 1. The summed E-state index contributed by atoms with van der Waals surface area (Å²) >= 11 is 0. The van der Waals surface area contributed by atoms with Gasteiger partial charge in [-0.25, -0.2) is 0 Å². The SMILES string of the molecule is CCC/C(O)=C1/C(=O)CC(C)(C)CC1=Nc1ccc2ccccc2c1. The van der Waals surface area contributed by atoms with Crippen LogP contribution in [-0.4, -0.2) is 16.6 Å². The van der Waals surface area contributed by atoms with Crippen molar-refractivity contribution in [1.82, 2.24) is 0 Å². The number of ketones is 1. The number of allylic oxidation sites excluding steroid dienone is 2. The fourth-order valence-corrected chi connectivity index (χ4v) is 3.47. The number of fused-ring (bicyclic) bond motifs is 1. The zero-order chi connectivity index (χ0) is 18.0. The number of nitrogens with zero attached hydrogens (tertiary/aromatic N) is 1. The van der Waals surface area contributed by atoms with Crippen molar-refractivity contribution in [1.29, 1.82) is 0 Å². The molecule has 0 unspecified atom stereocenters. The van der Waals surface area contributed by atoms with Crippen LogP contribution in [0.4, 0.5) is 5.69 Å². The maximum absolute atomic E-state index is 12.6. The number of aliphatic hydroxyl groups excluding tert-OH is 1. The molecule has 0 spiro atoms. The van der Waals surface area contributed by atoms with E-state index in [4.69, 9.17) is 4.99 Å². The van der Waals surface area contributed by atoms with Crippen molar-refractivity contribution in [3.63, 3.8) is 0 Å². The first kappa shape index (κ1) is 17.4. The van der Waals surface area contributed by atoms with Crippen LogP contribution in [0.25, 0.3) is 10.8 Å². The van der Waals surface area contributed by atoms with Crippen LogP contribution >= 0.6 is 0 Å². The second-order valence-corrected chi connectivity index (χ2v) is 7.60. The highest BCUT2D eigenvalue weighted by atomic mass is 16.3. The highest BCUT2D eigenvalue weighted by molar-refractivity contribution is 6.25. The van der Waals surface area contributed by atoms with Gasteiger partial charge in [0.1, 0.15) is 5.76 Å². The molecule has 0 saturated heterocycles. The van der Waals surface area contributed by atoms with Gasteiger partial charge in [-0.15, -0.1) is 0 Å². The van der Waals surface area contributed by atoms with Crippen molar-refractivity contribution in [3.8, 4) is 0 Å². The predicted octanol–water partition coefficient (Wildman–Crippen LogP) is 5.91. The van der Waals surface area contributed by atoms with Gasteiger partial charge in [0.15, 0.2) is 5.78 Å². The Morgan fingerprint density at radius 3 is 2.56 bits per heavy atom. The molecule has 3 heteroatoms. The summed E-state index contributed by atoms with van der Waals surface area (Å²) in [6.45, 7) is 6.15. The molecule has 2 aromatic carbocycles. The molecule has 1 aliphatic carbocycles. The molecule has 3 nitrogen and oxygen atoms in total. The number of carbonyl (C=O) groups is 1. The maximum atomic E-state index is 12.6. The van der Waals surface area contributed by atoms with Crippen molar-refractivity contribution in [2.24, 2.45) is 10.4 Å². The molecule has 0 aliphatic heterocycles. The summed E-state index contributed by atoms with van der Waals surface area (Å²) in [6.07, 6.45) is 2.45.